The highest BCUT2D eigenvalue weighted by Gasteiger charge is 2.20. The van der Waals surface area contributed by atoms with Crippen LogP contribution in [0.15, 0.2) is 29.3 Å². The summed E-state index contributed by atoms with van der Waals surface area (Å²) in [5, 5.41) is 6.41. The smallest absolute Gasteiger partial charge is 0.222 e. The molecule has 0 aliphatic heterocycles. The van der Waals surface area contributed by atoms with Crippen molar-refractivity contribution in [2.24, 2.45) is 22.6 Å². The lowest BCUT2D eigenvalue weighted by molar-refractivity contribution is -0.121. The number of ether oxygens (including phenoxy) is 1. The molecule has 1 amide bonds. The van der Waals surface area contributed by atoms with Crippen molar-refractivity contribution >= 4 is 11.9 Å². The van der Waals surface area contributed by atoms with Crippen LogP contribution >= 0.6 is 0 Å². The molecule has 1 fully saturated rings. The Hall–Kier alpha value is -2.15. The number of benzene rings is 1. The summed E-state index contributed by atoms with van der Waals surface area (Å²) in [5.41, 5.74) is 6.38. The van der Waals surface area contributed by atoms with Crippen molar-refractivity contribution in [2.75, 3.05) is 32.8 Å². The van der Waals surface area contributed by atoms with Gasteiger partial charge in [-0.25, -0.2) is 4.39 Å². The molecule has 0 bridgehead atoms. The van der Waals surface area contributed by atoms with Gasteiger partial charge in [0.1, 0.15) is 5.82 Å². The van der Waals surface area contributed by atoms with E-state index in [0.717, 1.165) is 44.2 Å². The summed E-state index contributed by atoms with van der Waals surface area (Å²) in [6.45, 7) is 5.34. The minimum atomic E-state index is -0.437. The van der Waals surface area contributed by atoms with Crippen LogP contribution in [0.25, 0.3) is 0 Å². The van der Waals surface area contributed by atoms with Crippen molar-refractivity contribution in [3.8, 4) is 0 Å². The monoisotopic (exact) mass is 378 g/mol. The van der Waals surface area contributed by atoms with E-state index in [1.807, 2.05) is 6.92 Å². The van der Waals surface area contributed by atoms with Gasteiger partial charge in [-0.2, -0.15) is 0 Å². The molecule has 0 aromatic heterocycles. The van der Waals surface area contributed by atoms with E-state index in [2.05, 4.69) is 15.6 Å². The molecule has 4 N–H and O–H groups in total. The molecule has 2 rings (SSSR count). The SMILES string of the molecule is CCNC(=NCC(Cc1ccc(F)cc1)C(N)=O)NCCCOCC1CC1. The zero-order chi connectivity index (χ0) is 19.5. The molecule has 1 aromatic rings. The van der Waals surface area contributed by atoms with Gasteiger partial charge in [0.25, 0.3) is 0 Å². The van der Waals surface area contributed by atoms with Crippen LogP contribution in [0.5, 0.6) is 0 Å². The zero-order valence-corrected chi connectivity index (χ0v) is 16.0. The number of primary amides is 1. The van der Waals surface area contributed by atoms with Gasteiger partial charge < -0.3 is 21.1 Å². The molecule has 27 heavy (non-hydrogen) atoms. The van der Waals surface area contributed by atoms with Crippen LogP contribution < -0.4 is 16.4 Å². The first-order chi connectivity index (χ1) is 13.1. The zero-order valence-electron chi connectivity index (χ0n) is 16.0. The molecule has 1 aromatic carbocycles. The molecule has 0 spiro atoms. The van der Waals surface area contributed by atoms with Crippen LogP contribution in [0.2, 0.25) is 0 Å². The van der Waals surface area contributed by atoms with Crippen molar-refractivity contribution in [2.45, 2.75) is 32.6 Å². The van der Waals surface area contributed by atoms with Crippen LogP contribution in [0, 0.1) is 17.7 Å². The average Bonchev–Trinajstić information content (AvgIpc) is 3.47. The third kappa shape index (κ3) is 8.86. The lowest BCUT2D eigenvalue weighted by Crippen LogP contribution is -2.39. The fraction of sp³-hybridized carbons (Fsp3) is 0.600. The quantitative estimate of drug-likeness (QED) is 0.294. The Kier molecular flexibility index (Phi) is 9.04. The van der Waals surface area contributed by atoms with Crippen LogP contribution in [0.3, 0.4) is 0 Å². The van der Waals surface area contributed by atoms with E-state index in [0.29, 0.717) is 12.4 Å². The number of aliphatic imine (C=N–C) groups is 1. The van der Waals surface area contributed by atoms with Crippen molar-refractivity contribution < 1.29 is 13.9 Å². The molecule has 0 radical (unpaired) electrons. The molecule has 0 heterocycles. The number of rotatable bonds is 12. The number of carbonyl (C=O) groups excluding carboxylic acids is 1. The fourth-order valence-corrected chi connectivity index (χ4v) is 2.62. The van der Waals surface area contributed by atoms with Gasteiger partial charge in [0, 0.05) is 26.3 Å². The minimum Gasteiger partial charge on any atom is -0.381 e. The van der Waals surface area contributed by atoms with Gasteiger partial charge in [-0.05, 0) is 56.2 Å². The standard InChI is InChI=1S/C20H31FN4O2/c1-2-23-20(24-10-3-11-27-14-16-4-5-16)25-13-17(19(22)26)12-15-6-8-18(21)9-7-15/h6-9,16-17H,2-5,10-14H2,1H3,(H2,22,26)(H2,23,24,25). The molecule has 1 atom stereocenters. The molecule has 1 aliphatic rings. The summed E-state index contributed by atoms with van der Waals surface area (Å²) in [6.07, 6.45) is 3.93. The first-order valence-corrected chi connectivity index (χ1v) is 9.72. The highest BCUT2D eigenvalue weighted by Crippen LogP contribution is 2.28. The summed E-state index contributed by atoms with van der Waals surface area (Å²) in [6, 6.07) is 6.10. The maximum atomic E-state index is 13.0. The lowest BCUT2D eigenvalue weighted by atomic mass is 9.99. The van der Waals surface area contributed by atoms with Gasteiger partial charge >= 0.3 is 0 Å². The number of hydrogen-bond acceptors (Lipinski definition) is 3. The predicted molar refractivity (Wildman–Crippen MR) is 105 cm³/mol. The molecule has 1 aliphatic carbocycles. The summed E-state index contributed by atoms with van der Waals surface area (Å²) < 4.78 is 18.6. The Labute approximate surface area is 160 Å². The van der Waals surface area contributed by atoms with Gasteiger partial charge in [0.2, 0.25) is 5.91 Å². The maximum Gasteiger partial charge on any atom is 0.222 e. The Morgan fingerprint density at radius 3 is 2.70 bits per heavy atom. The van der Waals surface area contributed by atoms with Gasteiger partial charge in [-0.3, -0.25) is 9.79 Å². The average molecular weight is 378 g/mol. The molecular weight excluding hydrogens is 347 g/mol. The molecule has 1 saturated carbocycles. The molecule has 7 heteroatoms. The van der Waals surface area contributed by atoms with Gasteiger partial charge in [0.05, 0.1) is 12.5 Å². The van der Waals surface area contributed by atoms with E-state index in [4.69, 9.17) is 10.5 Å². The Morgan fingerprint density at radius 1 is 1.33 bits per heavy atom. The Balaban J connectivity index is 1.77. The summed E-state index contributed by atoms with van der Waals surface area (Å²) in [7, 11) is 0. The predicted octanol–water partition coefficient (Wildman–Crippen LogP) is 1.84. The molecule has 6 nitrogen and oxygen atoms in total. The van der Waals surface area contributed by atoms with Crippen molar-refractivity contribution in [3.05, 3.63) is 35.6 Å². The number of halogens is 1. The van der Waals surface area contributed by atoms with Gasteiger partial charge in [-0.1, -0.05) is 12.1 Å². The second-order valence-corrected chi connectivity index (χ2v) is 6.95. The number of guanidine groups is 1. The maximum absolute atomic E-state index is 13.0. The van der Waals surface area contributed by atoms with Crippen molar-refractivity contribution in [3.63, 3.8) is 0 Å². The fourth-order valence-electron chi connectivity index (χ4n) is 2.62. The van der Waals surface area contributed by atoms with E-state index in [9.17, 15) is 9.18 Å². The molecular formula is C20H31FN4O2. The Bertz CT molecular complexity index is 603. The van der Waals surface area contributed by atoms with Crippen LogP contribution in [0.1, 0.15) is 31.7 Å². The van der Waals surface area contributed by atoms with Gasteiger partial charge in [0.15, 0.2) is 5.96 Å². The normalized spacial score (nSPS) is 15.4. The Morgan fingerprint density at radius 2 is 2.07 bits per heavy atom. The molecule has 150 valence electrons. The summed E-state index contributed by atoms with van der Waals surface area (Å²) in [4.78, 5) is 16.2. The van der Waals surface area contributed by atoms with E-state index in [1.165, 1.54) is 25.0 Å². The van der Waals surface area contributed by atoms with E-state index < -0.39 is 11.8 Å². The third-order valence-corrected chi connectivity index (χ3v) is 4.42. The first kappa shape index (κ1) is 21.2. The topological polar surface area (TPSA) is 88.7 Å². The number of nitrogens with zero attached hydrogens (tertiary/aromatic N) is 1. The van der Waals surface area contributed by atoms with Crippen molar-refractivity contribution in [1.82, 2.24) is 10.6 Å². The van der Waals surface area contributed by atoms with E-state index in [-0.39, 0.29) is 12.4 Å². The lowest BCUT2D eigenvalue weighted by Gasteiger charge is -2.14. The second kappa shape index (κ2) is 11.5. The van der Waals surface area contributed by atoms with Crippen LogP contribution in [-0.2, 0) is 16.0 Å². The highest BCUT2D eigenvalue weighted by atomic mass is 19.1. The summed E-state index contributed by atoms with van der Waals surface area (Å²) in [5.74, 6) is 0.293. The van der Waals surface area contributed by atoms with Crippen LogP contribution in [0.4, 0.5) is 4.39 Å². The third-order valence-electron chi connectivity index (χ3n) is 4.42. The van der Waals surface area contributed by atoms with E-state index in [1.54, 1.807) is 12.1 Å². The first-order valence-electron chi connectivity index (χ1n) is 9.72. The minimum absolute atomic E-state index is 0.278. The number of carbonyl (C=O) groups is 1. The second-order valence-electron chi connectivity index (χ2n) is 6.95. The largest absolute Gasteiger partial charge is 0.381 e. The van der Waals surface area contributed by atoms with Crippen molar-refractivity contribution in [1.29, 1.82) is 0 Å². The number of nitrogens with one attached hydrogen (secondary N) is 2. The van der Waals surface area contributed by atoms with Crippen LogP contribution in [-0.4, -0.2) is 44.7 Å². The number of hydrogen-bond donors (Lipinski definition) is 3. The molecule has 0 saturated heterocycles. The highest BCUT2D eigenvalue weighted by molar-refractivity contribution is 5.81. The van der Waals surface area contributed by atoms with Gasteiger partial charge in [-0.15, -0.1) is 0 Å². The number of amides is 1. The van der Waals surface area contributed by atoms with E-state index >= 15 is 0 Å². The summed E-state index contributed by atoms with van der Waals surface area (Å²) >= 11 is 0. The molecule has 1 unspecified atom stereocenters. The number of nitrogens with two attached hydrogens (primary N) is 1.